The lowest BCUT2D eigenvalue weighted by Gasteiger charge is -2.09. The van der Waals surface area contributed by atoms with Gasteiger partial charge in [0.1, 0.15) is 0 Å². The van der Waals surface area contributed by atoms with Gasteiger partial charge in [-0.25, -0.2) is 4.79 Å². The number of hydrogen-bond donors (Lipinski definition) is 2. The fourth-order valence-corrected chi connectivity index (χ4v) is 3.23. The summed E-state index contributed by atoms with van der Waals surface area (Å²) >= 11 is 7.17. The van der Waals surface area contributed by atoms with Crippen LogP contribution in [-0.4, -0.2) is 39.0 Å². The van der Waals surface area contributed by atoms with Crippen LogP contribution in [0.1, 0.15) is 27.2 Å². The number of benzene rings is 1. The topological polar surface area (TPSA) is 88.9 Å². The van der Waals surface area contributed by atoms with Crippen LogP contribution in [-0.2, 0) is 11.3 Å². The number of nitrogens with one attached hydrogen (secondary N) is 2. The first-order valence-electron chi connectivity index (χ1n) is 8.80. The molecule has 146 valence electrons. The summed E-state index contributed by atoms with van der Waals surface area (Å²) in [5, 5.41) is 14.7. The van der Waals surface area contributed by atoms with E-state index in [-0.39, 0.29) is 11.7 Å². The molecule has 0 aliphatic carbocycles. The van der Waals surface area contributed by atoms with Gasteiger partial charge in [-0.2, -0.15) is 0 Å². The molecule has 0 saturated carbocycles. The smallest absolute Gasteiger partial charge is 0.321 e. The van der Waals surface area contributed by atoms with Crippen LogP contribution in [0.4, 0.5) is 4.79 Å². The Morgan fingerprint density at radius 1 is 1.22 bits per heavy atom. The van der Waals surface area contributed by atoms with E-state index < -0.39 is 6.03 Å². The molecule has 1 heterocycles. The number of amides is 3. The second-order valence-corrected chi connectivity index (χ2v) is 7.71. The largest absolute Gasteiger partial charge is 0.338 e. The lowest BCUT2D eigenvalue weighted by molar-refractivity contribution is -0.117. The maximum Gasteiger partial charge on any atom is 0.321 e. The highest BCUT2D eigenvalue weighted by molar-refractivity contribution is 7.99. The van der Waals surface area contributed by atoms with Crippen molar-refractivity contribution in [3.05, 3.63) is 29.3 Å². The zero-order valence-corrected chi connectivity index (χ0v) is 17.2. The van der Waals surface area contributed by atoms with Crippen LogP contribution in [0.2, 0.25) is 5.02 Å². The molecule has 0 spiro atoms. The number of carbonyl (C=O) groups excluding carboxylic acids is 2. The molecule has 0 aliphatic heterocycles. The number of hydrogen-bond acceptors (Lipinski definition) is 5. The fraction of sp³-hybridized carbons (Fsp3) is 0.444. The minimum atomic E-state index is -0.472. The van der Waals surface area contributed by atoms with E-state index in [2.05, 4.69) is 34.7 Å². The van der Waals surface area contributed by atoms with Crippen LogP contribution in [0, 0.1) is 5.92 Å². The van der Waals surface area contributed by atoms with Crippen LogP contribution in [0.5, 0.6) is 0 Å². The van der Waals surface area contributed by atoms with Crippen molar-refractivity contribution in [2.45, 2.75) is 38.9 Å². The van der Waals surface area contributed by atoms with Crippen LogP contribution >= 0.6 is 23.4 Å². The summed E-state index contributed by atoms with van der Waals surface area (Å²) in [6.45, 7) is 7.32. The van der Waals surface area contributed by atoms with E-state index in [0.29, 0.717) is 35.0 Å². The molecule has 1 aromatic carbocycles. The van der Waals surface area contributed by atoms with Crippen molar-refractivity contribution in [1.82, 2.24) is 25.4 Å². The molecule has 0 radical (unpaired) electrons. The van der Waals surface area contributed by atoms with Gasteiger partial charge in [0.2, 0.25) is 5.91 Å². The van der Waals surface area contributed by atoms with Gasteiger partial charge in [-0.05, 0) is 43.5 Å². The first-order valence-corrected chi connectivity index (χ1v) is 10.2. The number of halogens is 1. The van der Waals surface area contributed by atoms with Crippen molar-refractivity contribution in [2.24, 2.45) is 5.92 Å². The molecule has 1 aromatic heterocycles. The van der Waals surface area contributed by atoms with Crippen molar-refractivity contribution in [2.75, 3.05) is 12.3 Å². The van der Waals surface area contributed by atoms with Gasteiger partial charge >= 0.3 is 6.03 Å². The van der Waals surface area contributed by atoms with Gasteiger partial charge in [0.15, 0.2) is 11.0 Å². The molecule has 2 N–H and O–H groups in total. The van der Waals surface area contributed by atoms with Crippen molar-refractivity contribution in [1.29, 1.82) is 0 Å². The summed E-state index contributed by atoms with van der Waals surface area (Å²) in [6, 6.07) is 6.87. The summed E-state index contributed by atoms with van der Waals surface area (Å²) < 4.78 is 1.92. The lowest BCUT2D eigenvalue weighted by atomic mass is 10.1. The third kappa shape index (κ3) is 6.55. The number of rotatable bonds is 8. The first kappa shape index (κ1) is 21.2. The molecule has 0 atom stereocenters. The van der Waals surface area contributed by atoms with Crippen molar-refractivity contribution in [3.8, 4) is 11.4 Å². The second-order valence-electron chi connectivity index (χ2n) is 6.33. The number of aromatic nitrogens is 3. The number of urea groups is 1. The van der Waals surface area contributed by atoms with E-state index >= 15 is 0 Å². The van der Waals surface area contributed by atoms with Crippen LogP contribution in [0.15, 0.2) is 29.4 Å². The number of thioether (sulfide) groups is 1. The van der Waals surface area contributed by atoms with Gasteiger partial charge in [0.25, 0.3) is 0 Å². The molecule has 2 aromatic rings. The third-order valence-corrected chi connectivity index (χ3v) is 4.95. The minimum Gasteiger partial charge on any atom is -0.338 e. The first-order chi connectivity index (χ1) is 12.9. The quantitative estimate of drug-likeness (QED) is 0.650. The Balaban J connectivity index is 1.91. The Labute approximate surface area is 168 Å². The molecular formula is C18H24ClN5O2S. The molecule has 0 unspecified atom stereocenters. The van der Waals surface area contributed by atoms with Crippen molar-refractivity contribution < 1.29 is 9.59 Å². The molecule has 2 rings (SSSR count). The Morgan fingerprint density at radius 3 is 2.56 bits per heavy atom. The van der Waals surface area contributed by atoms with Crippen LogP contribution in [0.25, 0.3) is 11.4 Å². The third-order valence-electron chi connectivity index (χ3n) is 3.73. The molecule has 9 heteroatoms. The van der Waals surface area contributed by atoms with E-state index in [4.69, 9.17) is 11.6 Å². The van der Waals surface area contributed by atoms with E-state index in [1.165, 1.54) is 11.8 Å². The van der Waals surface area contributed by atoms with E-state index in [9.17, 15) is 9.59 Å². The minimum absolute atomic E-state index is 0.0797. The van der Waals surface area contributed by atoms with Crippen molar-refractivity contribution >= 4 is 35.3 Å². The molecule has 3 amide bonds. The molecule has 0 fully saturated rings. The fourth-order valence-electron chi connectivity index (χ4n) is 2.30. The Kier molecular flexibility index (Phi) is 8.12. The number of nitrogens with zero attached hydrogens (tertiary/aromatic N) is 3. The zero-order chi connectivity index (χ0) is 19.8. The van der Waals surface area contributed by atoms with Gasteiger partial charge in [0.05, 0.1) is 5.75 Å². The van der Waals surface area contributed by atoms with Crippen molar-refractivity contribution in [3.63, 3.8) is 0 Å². The molecule has 7 nitrogen and oxygen atoms in total. The van der Waals surface area contributed by atoms with Gasteiger partial charge in [-0.3, -0.25) is 10.1 Å². The normalized spacial score (nSPS) is 10.9. The number of carbonyl (C=O) groups is 2. The van der Waals surface area contributed by atoms with Crippen LogP contribution < -0.4 is 10.6 Å². The molecule has 0 bridgehead atoms. The standard InChI is InChI=1S/C18H24ClN5O2S/c1-4-24-16(13-5-7-14(19)8-6-13)22-23-18(24)27-11-15(25)21-17(26)20-10-9-12(2)3/h5-8,12H,4,9-11H2,1-3H3,(H2,20,21,25,26). The monoisotopic (exact) mass is 409 g/mol. The van der Waals surface area contributed by atoms with E-state index in [1.54, 1.807) is 12.1 Å². The predicted molar refractivity (Wildman–Crippen MR) is 108 cm³/mol. The summed E-state index contributed by atoms with van der Waals surface area (Å²) in [5.74, 6) is 0.909. The second kappa shape index (κ2) is 10.3. The van der Waals surface area contributed by atoms with Gasteiger partial charge in [0, 0.05) is 23.7 Å². The summed E-state index contributed by atoms with van der Waals surface area (Å²) in [7, 11) is 0. The van der Waals surface area contributed by atoms with E-state index in [1.807, 2.05) is 23.6 Å². The zero-order valence-electron chi connectivity index (χ0n) is 15.7. The van der Waals surface area contributed by atoms with Crippen LogP contribution in [0.3, 0.4) is 0 Å². The predicted octanol–water partition coefficient (Wildman–Crippen LogP) is 3.58. The Bertz CT molecular complexity index is 777. The van der Waals surface area contributed by atoms with Gasteiger partial charge in [-0.1, -0.05) is 37.2 Å². The highest BCUT2D eigenvalue weighted by Gasteiger charge is 2.15. The lowest BCUT2D eigenvalue weighted by Crippen LogP contribution is -2.40. The average molecular weight is 410 g/mol. The number of imide groups is 1. The van der Waals surface area contributed by atoms with E-state index in [0.717, 1.165) is 12.0 Å². The Morgan fingerprint density at radius 2 is 1.93 bits per heavy atom. The highest BCUT2D eigenvalue weighted by Crippen LogP contribution is 2.24. The van der Waals surface area contributed by atoms with Gasteiger partial charge < -0.3 is 9.88 Å². The molecule has 0 aliphatic rings. The maximum atomic E-state index is 12.0. The molecule has 0 saturated heterocycles. The van der Waals surface area contributed by atoms with Gasteiger partial charge in [-0.15, -0.1) is 10.2 Å². The molecule has 27 heavy (non-hydrogen) atoms. The molecular weight excluding hydrogens is 386 g/mol. The summed E-state index contributed by atoms with van der Waals surface area (Å²) in [5.41, 5.74) is 0.898. The summed E-state index contributed by atoms with van der Waals surface area (Å²) in [4.78, 5) is 23.7. The average Bonchev–Trinajstić information content (AvgIpc) is 3.03. The SMILES string of the molecule is CCn1c(SCC(=O)NC(=O)NCCC(C)C)nnc1-c1ccc(Cl)cc1. The maximum absolute atomic E-state index is 12.0. The summed E-state index contributed by atoms with van der Waals surface area (Å²) in [6.07, 6.45) is 0.865. The highest BCUT2D eigenvalue weighted by atomic mass is 35.5. The Hall–Kier alpha value is -2.06.